The highest BCUT2D eigenvalue weighted by molar-refractivity contribution is 5.78. The summed E-state index contributed by atoms with van der Waals surface area (Å²) < 4.78 is 4.70. The highest BCUT2D eigenvalue weighted by atomic mass is 16.6. The van der Waals surface area contributed by atoms with Crippen LogP contribution in [0.5, 0.6) is 0 Å². The van der Waals surface area contributed by atoms with Crippen LogP contribution in [0.3, 0.4) is 0 Å². The summed E-state index contributed by atoms with van der Waals surface area (Å²) in [6, 6.07) is 0. The van der Waals surface area contributed by atoms with Crippen LogP contribution < -0.4 is 0 Å². The molecule has 46 valence electrons. The average Bonchev–Trinajstić information content (AvgIpc) is 1.67. The van der Waals surface area contributed by atoms with Gasteiger partial charge in [0.1, 0.15) is 6.10 Å². The van der Waals surface area contributed by atoms with Gasteiger partial charge in [-0.3, -0.25) is 4.79 Å². The molecule has 1 fully saturated rings. The van der Waals surface area contributed by atoms with Crippen molar-refractivity contribution in [2.24, 2.45) is 5.92 Å². The van der Waals surface area contributed by atoms with Crippen LogP contribution in [0.15, 0.2) is 0 Å². The smallest absolute Gasteiger partial charge is 0.312 e. The Balaban J connectivity index is 2.40. The van der Waals surface area contributed by atoms with E-state index in [1.807, 2.05) is 13.8 Å². The van der Waals surface area contributed by atoms with E-state index in [1.165, 1.54) is 0 Å². The van der Waals surface area contributed by atoms with E-state index in [2.05, 4.69) is 0 Å². The number of rotatable bonds is 1. The SMILES string of the molecule is CC[C@@H]1C(=O)O[C@H]1C. The van der Waals surface area contributed by atoms with Crippen molar-refractivity contribution in [3.63, 3.8) is 0 Å². The Morgan fingerprint density at radius 3 is 2.50 bits per heavy atom. The Labute approximate surface area is 48.8 Å². The minimum atomic E-state index is -0.0278. The summed E-state index contributed by atoms with van der Waals surface area (Å²) in [5.74, 6) is 0.162. The van der Waals surface area contributed by atoms with Gasteiger partial charge in [0.2, 0.25) is 0 Å². The molecule has 0 aromatic carbocycles. The molecule has 2 heteroatoms. The Bertz CT molecular complexity index is 109. The molecule has 1 rings (SSSR count). The first-order valence-corrected chi connectivity index (χ1v) is 2.96. The van der Waals surface area contributed by atoms with Crippen molar-refractivity contribution in [1.82, 2.24) is 0 Å². The zero-order valence-corrected chi connectivity index (χ0v) is 5.18. The average molecular weight is 114 g/mol. The number of cyclic esters (lactones) is 1. The number of esters is 1. The van der Waals surface area contributed by atoms with E-state index in [1.54, 1.807) is 0 Å². The molecule has 0 radical (unpaired) electrons. The summed E-state index contributed by atoms with van der Waals surface area (Å²) in [4.78, 5) is 10.4. The lowest BCUT2D eigenvalue weighted by molar-refractivity contribution is -0.182. The molecule has 0 aromatic rings. The normalized spacial score (nSPS) is 36.0. The first-order valence-electron chi connectivity index (χ1n) is 2.96. The van der Waals surface area contributed by atoms with Gasteiger partial charge in [0.25, 0.3) is 0 Å². The minimum absolute atomic E-state index is 0.0278. The molecule has 0 saturated carbocycles. The van der Waals surface area contributed by atoms with Crippen LogP contribution in [0.25, 0.3) is 0 Å². The predicted octanol–water partition coefficient (Wildman–Crippen LogP) is 0.958. The zero-order valence-electron chi connectivity index (χ0n) is 5.18. The van der Waals surface area contributed by atoms with Crippen molar-refractivity contribution in [1.29, 1.82) is 0 Å². The summed E-state index contributed by atoms with van der Waals surface area (Å²) in [6.07, 6.45) is 1.09. The molecule has 0 spiro atoms. The van der Waals surface area contributed by atoms with Crippen LogP contribution in [0.1, 0.15) is 20.3 Å². The summed E-state index contributed by atoms with van der Waals surface area (Å²) >= 11 is 0. The van der Waals surface area contributed by atoms with Crippen LogP contribution in [-0.2, 0) is 9.53 Å². The van der Waals surface area contributed by atoms with Crippen LogP contribution in [-0.4, -0.2) is 12.1 Å². The topological polar surface area (TPSA) is 26.3 Å². The maximum atomic E-state index is 10.4. The van der Waals surface area contributed by atoms with Crippen LogP contribution in [0, 0.1) is 5.92 Å². The lowest BCUT2D eigenvalue weighted by Gasteiger charge is -2.31. The fraction of sp³-hybridized carbons (Fsp3) is 0.833. The van der Waals surface area contributed by atoms with Gasteiger partial charge < -0.3 is 4.74 Å². The van der Waals surface area contributed by atoms with Crippen molar-refractivity contribution in [3.8, 4) is 0 Å². The van der Waals surface area contributed by atoms with Crippen molar-refractivity contribution in [2.75, 3.05) is 0 Å². The number of hydrogen-bond acceptors (Lipinski definition) is 2. The van der Waals surface area contributed by atoms with Crippen molar-refractivity contribution < 1.29 is 9.53 Å². The molecule has 2 atom stereocenters. The van der Waals surface area contributed by atoms with E-state index in [-0.39, 0.29) is 18.0 Å². The maximum Gasteiger partial charge on any atom is 0.312 e. The van der Waals surface area contributed by atoms with E-state index >= 15 is 0 Å². The van der Waals surface area contributed by atoms with E-state index in [4.69, 9.17) is 4.74 Å². The first kappa shape index (κ1) is 5.60. The maximum absolute atomic E-state index is 10.4. The second-order valence-electron chi connectivity index (χ2n) is 2.16. The molecule has 0 amide bonds. The van der Waals surface area contributed by atoms with Crippen molar-refractivity contribution in [3.05, 3.63) is 0 Å². The van der Waals surface area contributed by atoms with Gasteiger partial charge in [-0.1, -0.05) is 6.92 Å². The second-order valence-corrected chi connectivity index (χ2v) is 2.16. The zero-order chi connectivity index (χ0) is 6.15. The van der Waals surface area contributed by atoms with Gasteiger partial charge in [-0.15, -0.1) is 0 Å². The molecule has 1 saturated heterocycles. The molecule has 1 heterocycles. The van der Waals surface area contributed by atoms with Crippen LogP contribution in [0.2, 0.25) is 0 Å². The van der Waals surface area contributed by atoms with Gasteiger partial charge in [0.05, 0.1) is 5.92 Å². The number of hydrogen-bond donors (Lipinski definition) is 0. The molecular formula is C6H10O2. The Morgan fingerprint density at radius 1 is 1.75 bits per heavy atom. The molecule has 0 aliphatic carbocycles. The van der Waals surface area contributed by atoms with E-state index in [0.29, 0.717) is 0 Å². The summed E-state index contributed by atoms with van der Waals surface area (Å²) in [6.45, 7) is 3.93. The Hall–Kier alpha value is -0.530. The number of ether oxygens (including phenoxy) is 1. The minimum Gasteiger partial charge on any atom is -0.461 e. The third kappa shape index (κ3) is 0.602. The van der Waals surface area contributed by atoms with Gasteiger partial charge >= 0.3 is 5.97 Å². The lowest BCUT2D eigenvalue weighted by Crippen LogP contribution is -2.42. The fourth-order valence-electron chi connectivity index (χ4n) is 0.971. The lowest BCUT2D eigenvalue weighted by atomic mass is 9.96. The molecule has 0 unspecified atom stereocenters. The van der Waals surface area contributed by atoms with Gasteiger partial charge in [-0.25, -0.2) is 0 Å². The predicted molar refractivity (Wildman–Crippen MR) is 29.3 cm³/mol. The molecule has 1 aliphatic heterocycles. The molecule has 0 N–H and O–H groups in total. The molecule has 1 aliphatic rings. The molecular weight excluding hydrogens is 104 g/mol. The Morgan fingerprint density at radius 2 is 2.38 bits per heavy atom. The van der Waals surface area contributed by atoms with E-state index in [0.717, 1.165) is 6.42 Å². The highest BCUT2D eigenvalue weighted by Gasteiger charge is 2.36. The number of carbonyl (C=O) groups is 1. The van der Waals surface area contributed by atoms with Crippen LogP contribution in [0.4, 0.5) is 0 Å². The third-order valence-electron chi connectivity index (χ3n) is 1.61. The summed E-state index contributed by atoms with van der Waals surface area (Å²) in [5.41, 5.74) is 0. The van der Waals surface area contributed by atoms with Gasteiger partial charge in [0, 0.05) is 0 Å². The third-order valence-corrected chi connectivity index (χ3v) is 1.61. The number of carbonyl (C=O) groups excluding carboxylic acids is 1. The molecule has 2 nitrogen and oxygen atoms in total. The first-order chi connectivity index (χ1) is 3.75. The molecule has 0 bridgehead atoms. The quantitative estimate of drug-likeness (QED) is 0.474. The van der Waals surface area contributed by atoms with Crippen LogP contribution >= 0.6 is 0 Å². The highest BCUT2D eigenvalue weighted by Crippen LogP contribution is 2.23. The van der Waals surface area contributed by atoms with Gasteiger partial charge in [-0.2, -0.15) is 0 Å². The van der Waals surface area contributed by atoms with Crippen molar-refractivity contribution >= 4 is 5.97 Å². The standard InChI is InChI=1S/C6H10O2/c1-3-5-4(2)8-6(5)7/h4-5H,3H2,1-2H3/t4-,5-/m0/s1. The molecule has 0 aromatic heterocycles. The summed E-state index contributed by atoms with van der Waals surface area (Å²) in [7, 11) is 0. The van der Waals surface area contributed by atoms with E-state index in [9.17, 15) is 4.79 Å². The molecule has 8 heavy (non-hydrogen) atoms. The largest absolute Gasteiger partial charge is 0.461 e. The van der Waals surface area contributed by atoms with Gasteiger partial charge in [-0.05, 0) is 13.3 Å². The van der Waals surface area contributed by atoms with Crippen molar-refractivity contribution in [2.45, 2.75) is 26.4 Å². The second kappa shape index (κ2) is 1.77. The summed E-state index contributed by atoms with van der Waals surface area (Å²) in [5, 5.41) is 0. The van der Waals surface area contributed by atoms with Gasteiger partial charge in [0.15, 0.2) is 0 Å². The van der Waals surface area contributed by atoms with E-state index < -0.39 is 0 Å². The Kier molecular flexibility index (Phi) is 1.24. The monoisotopic (exact) mass is 114 g/mol. The fourth-order valence-corrected chi connectivity index (χ4v) is 0.971.